The first-order valence-corrected chi connectivity index (χ1v) is 11.9. The Morgan fingerprint density at radius 1 is 0.938 bits per heavy atom. The molecule has 6 nitrogen and oxygen atoms in total. The summed E-state index contributed by atoms with van der Waals surface area (Å²) in [4.78, 5) is 14.6. The quantitative estimate of drug-likeness (QED) is 0.456. The zero-order valence-corrected chi connectivity index (χ0v) is 19.5. The van der Waals surface area contributed by atoms with Crippen molar-refractivity contribution in [3.63, 3.8) is 0 Å². The summed E-state index contributed by atoms with van der Waals surface area (Å²) in [5, 5.41) is 0.426. The van der Waals surface area contributed by atoms with Crippen LogP contribution in [0.4, 0.5) is 5.69 Å². The number of hydrogen-bond donors (Lipinski definition) is 0. The molecule has 0 radical (unpaired) electrons. The maximum absolute atomic E-state index is 13.5. The van der Waals surface area contributed by atoms with E-state index in [0.29, 0.717) is 29.6 Å². The van der Waals surface area contributed by atoms with Crippen molar-refractivity contribution in [3.8, 4) is 5.75 Å². The van der Waals surface area contributed by atoms with Gasteiger partial charge in [0.15, 0.2) is 0 Å². The van der Waals surface area contributed by atoms with Crippen LogP contribution in [0.2, 0.25) is 5.02 Å². The maximum atomic E-state index is 13.5. The zero-order valence-electron chi connectivity index (χ0n) is 17.9. The summed E-state index contributed by atoms with van der Waals surface area (Å²) in [7, 11) is -2.36. The molecule has 0 spiro atoms. The predicted octanol–water partition coefficient (Wildman–Crippen LogP) is 4.59. The van der Waals surface area contributed by atoms with Crippen molar-refractivity contribution in [3.05, 3.63) is 89.4 Å². The molecule has 0 saturated carbocycles. The number of nitrogens with zero attached hydrogens (tertiary/aromatic N) is 2. The number of sulfonamides is 1. The number of likely N-dealkylation sites (N-methyl/N-ethyl adjacent to an activating group) is 1. The molecule has 1 amide bonds. The van der Waals surface area contributed by atoms with Crippen LogP contribution in [0.15, 0.2) is 83.8 Å². The van der Waals surface area contributed by atoms with Gasteiger partial charge in [-0.1, -0.05) is 41.9 Å². The van der Waals surface area contributed by atoms with Gasteiger partial charge < -0.3 is 9.64 Å². The lowest BCUT2D eigenvalue weighted by Gasteiger charge is -2.27. The largest absolute Gasteiger partial charge is 0.494 e. The highest BCUT2D eigenvalue weighted by Gasteiger charge is 2.28. The Hall–Kier alpha value is -3.03. The van der Waals surface area contributed by atoms with Gasteiger partial charge in [0.2, 0.25) is 5.91 Å². The highest BCUT2D eigenvalue weighted by Crippen LogP contribution is 2.27. The number of carbonyl (C=O) groups excluding carboxylic acids is 1. The summed E-state index contributed by atoms with van der Waals surface area (Å²) in [5.41, 5.74) is 1.32. The second-order valence-electron chi connectivity index (χ2n) is 7.13. The van der Waals surface area contributed by atoms with Crippen molar-refractivity contribution < 1.29 is 17.9 Å². The molecule has 0 heterocycles. The van der Waals surface area contributed by atoms with Gasteiger partial charge in [0.1, 0.15) is 12.3 Å². The minimum atomic E-state index is -4.01. The molecule has 168 valence electrons. The van der Waals surface area contributed by atoms with Crippen molar-refractivity contribution in [2.45, 2.75) is 18.4 Å². The predicted molar refractivity (Wildman–Crippen MR) is 127 cm³/mol. The Morgan fingerprint density at radius 2 is 1.56 bits per heavy atom. The van der Waals surface area contributed by atoms with E-state index in [1.54, 1.807) is 31.3 Å². The van der Waals surface area contributed by atoms with Crippen molar-refractivity contribution in [2.75, 3.05) is 24.5 Å². The molecule has 3 rings (SSSR count). The second kappa shape index (κ2) is 10.5. The zero-order chi connectivity index (χ0) is 23.1. The van der Waals surface area contributed by atoms with Crippen LogP contribution in [0.5, 0.6) is 5.75 Å². The summed E-state index contributed by atoms with van der Waals surface area (Å²) in [6.45, 7) is 2.39. The number of rotatable bonds is 9. The van der Waals surface area contributed by atoms with Crippen LogP contribution in [0.3, 0.4) is 0 Å². The van der Waals surface area contributed by atoms with Crippen molar-refractivity contribution in [1.29, 1.82) is 0 Å². The molecule has 0 N–H and O–H groups in total. The van der Waals surface area contributed by atoms with Crippen molar-refractivity contribution in [2.24, 2.45) is 0 Å². The van der Waals surface area contributed by atoms with E-state index in [4.69, 9.17) is 16.3 Å². The summed E-state index contributed by atoms with van der Waals surface area (Å²) >= 11 is 5.93. The molecule has 3 aromatic carbocycles. The monoisotopic (exact) mass is 472 g/mol. The number of benzene rings is 3. The van der Waals surface area contributed by atoms with Crippen LogP contribution < -0.4 is 9.04 Å². The molecule has 0 bridgehead atoms. The molecule has 32 heavy (non-hydrogen) atoms. The van der Waals surface area contributed by atoms with E-state index in [-0.39, 0.29) is 17.3 Å². The normalized spacial score (nSPS) is 11.1. The Balaban J connectivity index is 1.91. The minimum Gasteiger partial charge on any atom is -0.494 e. The third kappa shape index (κ3) is 5.81. The SMILES string of the molecule is CCOc1ccc(N(CC(=O)N(C)Cc2ccccc2)S(=O)(=O)c2ccc(Cl)cc2)cc1. The molecule has 0 aliphatic rings. The number of ether oxygens (including phenoxy) is 1. The summed E-state index contributed by atoms with van der Waals surface area (Å²) in [6, 6.07) is 22.0. The fourth-order valence-corrected chi connectivity index (χ4v) is 4.65. The standard InChI is InChI=1S/C24H25ClN2O4S/c1-3-31-22-13-11-21(12-14-22)27(32(29,30)23-15-9-20(25)10-16-23)18-24(28)26(2)17-19-7-5-4-6-8-19/h4-16H,3,17-18H2,1-2H3. The van der Waals surface area contributed by atoms with Crippen LogP contribution in [-0.4, -0.2) is 39.4 Å². The van der Waals surface area contributed by atoms with E-state index in [1.807, 2.05) is 37.3 Å². The number of carbonyl (C=O) groups is 1. The first-order chi connectivity index (χ1) is 15.3. The first-order valence-electron chi connectivity index (χ1n) is 10.1. The maximum Gasteiger partial charge on any atom is 0.264 e. The Kier molecular flexibility index (Phi) is 7.77. The summed E-state index contributed by atoms with van der Waals surface area (Å²) in [6.07, 6.45) is 0. The van der Waals surface area contributed by atoms with Gasteiger partial charge in [-0.05, 0) is 61.0 Å². The lowest BCUT2D eigenvalue weighted by molar-refractivity contribution is -0.128. The van der Waals surface area contributed by atoms with Crippen LogP contribution in [0.25, 0.3) is 0 Å². The summed E-state index contributed by atoms with van der Waals surface area (Å²) < 4.78 is 33.5. The molecule has 0 atom stereocenters. The smallest absolute Gasteiger partial charge is 0.264 e. The molecule has 0 aliphatic carbocycles. The third-order valence-corrected chi connectivity index (χ3v) is 6.84. The van der Waals surface area contributed by atoms with Gasteiger partial charge in [-0.25, -0.2) is 8.42 Å². The van der Waals surface area contributed by atoms with Gasteiger partial charge in [-0.2, -0.15) is 0 Å². The Bertz CT molecular complexity index is 1130. The number of amides is 1. The third-order valence-electron chi connectivity index (χ3n) is 4.80. The van der Waals surface area contributed by atoms with Crippen molar-refractivity contribution in [1.82, 2.24) is 4.90 Å². The lowest BCUT2D eigenvalue weighted by atomic mass is 10.2. The fraction of sp³-hybridized carbons (Fsp3) is 0.208. The molecule has 0 aliphatic heterocycles. The first kappa shape index (κ1) is 23.6. The molecule has 0 saturated heterocycles. The average molecular weight is 473 g/mol. The van der Waals surface area contributed by atoms with Crippen LogP contribution in [0, 0.1) is 0 Å². The topological polar surface area (TPSA) is 66.9 Å². The fourth-order valence-electron chi connectivity index (χ4n) is 3.11. The Labute approximate surface area is 194 Å². The molecular weight excluding hydrogens is 448 g/mol. The molecule has 0 aromatic heterocycles. The molecule has 3 aromatic rings. The van der Waals surface area contributed by atoms with Crippen LogP contribution >= 0.6 is 11.6 Å². The van der Waals surface area contributed by atoms with E-state index < -0.39 is 10.0 Å². The number of hydrogen-bond acceptors (Lipinski definition) is 4. The van der Waals surface area contributed by atoms with Gasteiger partial charge in [-0.3, -0.25) is 9.10 Å². The molecule has 0 fully saturated rings. The molecular formula is C24H25ClN2O4S. The van der Waals surface area contributed by atoms with Crippen LogP contribution in [-0.2, 0) is 21.4 Å². The van der Waals surface area contributed by atoms with E-state index in [2.05, 4.69) is 0 Å². The van der Waals surface area contributed by atoms with Crippen molar-refractivity contribution >= 4 is 33.2 Å². The van der Waals surface area contributed by atoms with Gasteiger partial charge in [0.25, 0.3) is 10.0 Å². The lowest BCUT2D eigenvalue weighted by Crippen LogP contribution is -2.41. The minimum absolute atomic E-state index is 0.0503. The van der Waals surface area contributed by atoms with Gasteiger partial charge in [-0.15, -0.1) is 0 Å². The van der Waals surface area contributed by atoms with E-state index in [1.165, 1.54) is 29.2 Å². The summed E-state index contributed by atoms with van der Waals surface area (Å²) in [5.74, 6) is 0.285. The van der Waals surface area contributed by atoms with E-state index in [0.717, 1.165) is 9.87 Å². The molecule has 8 heteroatoms. The highest BCUT2D eigenvalue weighted by molar-refractivity contribution is 7.92. The van der Waals surface area contributed by atoms with Crippen LogP contribution in [0.1, 0.15) is 12.5 Å². The van der Waals surface area contributed by atoms with Gasteiger partial charge >= 0.3 is 0 Å². The van der Waals surface area contributed by atoms with E-state index >= 15 is 0 Å². The molecule has 0 unspecified atom stereocenters. The van der Waals surface area contributed by atoms with Gasteiger partial charge in [0, 0.05) is 18.6 Å². The Morgan fingerprint density at radius 3 is 2.16 bits per heavy atom. The number of halogens is 1. The highest BCUT2D eigenvalue weighted by atomic mass is 35.5. The number of anilines is 1. The second-order valence-corrected chi connectivity index (χ2v) is 9.43. The average Bonchev–Trinajstić information content (AvgIpc) is 2.79. The van der Waals surface area contributed by atoms with E-state index in [9.17, 15) is 13.2 Å². The van der Waals surface area contributed by atoms with Gasteiger partial charge in [0.05, 0.1) is 17.2 Å².